The summed E-state index contributed by atoms with van der Waals surface area (Å²) in [4.78, 5) is 0. The third kappa shape index (κ3) is 4.22. The van der Waals surface area contributed by atoms with E-state index in [1.54, 1.807) is 12.1 Å². The fraction of sp³-hybridized carbons (Fsp3) is 0.500. The second kappa shape index (κ2) is 6.13. The van der Waals surface area contributed by atoms with Gasteiger partial charge in [-0.15, -0.1) is 0 Å². The van der Waals surface area contributed by atoms with Crippen LogP contribution in [0.3, 0.4) is 0 Å². The fourth-order valence-electron chi connectivity index (χ4n) is 1.36. The first-order valence-corrected chi connectivity index (χ1v) is 6.22. The number of nitrogens with one attached hydrogen (secondary N) is 1. The molecular formula is C12H18FNS. The Morgan fingerprint density at radius 3 is 2.67 bits per heavy atom. The number of hydrogen-bond acceptors (Lipinski definition) is 2. The molecule has 0 aromatic heterocycles. The summed E-state index contributed by atoms with van der Waals surface area (Å²) >= 11 is 1.88. The monoisotopic (exact) mass is 227 g/mol. The molecule has 0 aliphatic heterocycles. The van der Waals surface area contributed by atoms with E-state index in [1.165, 1.54) is 6.07 Å². The summed E-state index contributed by atoms with van der Waals surface area (Å²) in [6, 6.07) is 7.03. The van der Waals surface area contributed by atoms with E-state index in [0.29, 0.717) is 5.25 Å². The highest BCUT2D eigenvalue weighted by Crippen LogP contribution is 2.21. The SMILES string of the molecule is CNC(CSC(C)C)c1cccc(F)c1. The molecule has 1 rings (SSSR count). The van der Waals surface area contributed by atoms with Gasteiger partial charge >= 0.3 is 0 Å². The molecule has 0 heterocycles. The van der Waals surface area contributed by atoms with Crippen LogP contribution in [-0.4, -0.2) is 18.1 Å². The highest BCUT2D eigenvalue weighted by Gasteiger charge is 2.10. The van der Waals surface area contributed by atoms with Crippen molar-refractivity contribution in [3.63, 3.8) is 0 Å². The van der Waals surface area contributed by atoms with E-state index < -0.39 is 0 Å². The molecule has 0 radical (unpaired) electrons. The molecule has 0 aliphatic rings. The third-order valence-electron chi connectivity index (χ3n) is 2.20. The number of thioether (sulfide) groups is 1. The van der Waals surface area contributed by atoms with Crippen LogP contribution in [0.4, 0.5) is 4.39 Å². The van der Waals surface area contributed by atoms with Gasteiger partial charge in [-0.1, -0.05) is 26.0 Å². The van der Waals surface area contributed by atoms with E-state index in [-0.39, 0.29) is 11.9 Å². The van der Waals surface area contributed by atoms with Gasteiger partial charge in [-0.3, -0.25) is 0 Å². The van der Waals surface area contributed by atoms with Crippen molar-refractivity contribution in [1.82, 2.24) is 5.32 Å². The Labute approximate surface area is 95.5 Å². The topological polar surface area (TPSA) is 12.0 Å². The summed E-state index contributed by atoms with van der Waals surface area (Å²) in [5, 5.41) is 3.82. The maximum Gasteiger partial charge on any atom is 0.123 e. The van der Waals surface area contributed by atoms with Gasteiger partial charge in [0.1, 0.15) is 5.82 Å². The van der Waals surface area contributed by atoms with Gasteiger partial charge in [0.15, 0.2) is 0 Å². The summed E-state index contributed by atoms with van der Waals surface area (Å²) in [5.74, 6) is 0.805. The summed E-state index contributed by atoms with van der Waals surface area (Å²) in [5.41, 5.74) is 1.02. The lowest BCUT2D eigenvalue weighted by Gasteiger charge is -2.17. The lowest BCUT2D eigenvalue weighted by Crippen LogP contribution is -2.19. The lowest BCUT2D eigenvalue weighted by atomic mass is 10.1. The van der Waals surface area contributed by atoms with Crippen molar-refractivity contribution in [2.75, 3.05) is 12.8 Å². The molecule has 15 heavy (non-hydrogen) atoms. The summed E-state index contributed by atoms with van der Waals surface area (Å²) < 4.78 is 13.0. The van der Waals surface area contributed by atoms with Gasteiger partial charge in [-0.25, -0.2) is 4.39 Å². The zero-order chi connectivity index (χ0) is 11.3. The Morgan fingerprint density at radius 1 is 1.40 bits per heavy atom. The van der Waals surface area contributed by atoms with Gasteiger partial charge in [0.05, 0.1) is 0 Å². The maximum atomic E-state index is 13.0. The van der Waals surface area contributed by atoms with Crippen molar-refractivity contribution in [3.8, 4) is 0 Å². The molecular weight excluding hydrogens is 209 g/mol. The van der Waals surface area contributed by atoms with Crippen LogP contribution >= 0.6 is 11.8 Å². The van der Waals surface area contributed by atoms with E-state index in [4.69, 9.17) is 0 Å². The van der Waals surface area contributed by atoms with Crippen LogP contribution in [0, 0.1) is 5.82 Å². The largest absolute Gasteiger partial charge is 0.312 e. The third-order valence-corrected chi connectivity index (χ3v) is 3.39. The first-order chi connectivity index (χ1) is 7.13. The van der Waals surface area contributed by atoms with E-state index in [0.717, 1.165) is 11.3 Å². The number of rotatable bonds is 5. The van der Waals surface area contributed by atoms with Crippen molar-refractivity contribution in [3.05, 3.63) is 35.6 Å². The Morgan fingerprint density at radius 2 is 2.13 bits per heavy atom. The molecule has 84 valence electrons. The Hall–Kier alpha value is -0.540. The molecule has 0 aliphatic carbocycles. The van der Waals surface area contributed by atoms with E-state index in [9.17, 15) is 4.39 Å². The second-order valence-corrected chi connectivity index (χ2v) is 5.39. The molecule has 0 saturated heterocycles. The maximum absolute atomic E-state index is 13.0. The highest BCUT2D eigenvalue weighted by molar-refractivity contribution is 7.99. The zero-order valence-electron chi connectivity index (χ0n) is 9.46. The predicted molar refractivity (Wildman–Crippen MR) is 65.8 cm³/mol. The zero-order valence-corrected chi connectivity index (χ0v) is 10.3. The molecule has 3 heteroatoms. The van der Waals surface area contributed by atoms with E-state index >= 15 is 0 Å². The quantitative estimate of drug-likeness (QED) is 0.829. The Kier molecular flexibility index (Phi) is 5.12. The van der Waals surface area contributed by atoms with Gasteiger partial charge in [-0.2, -0.15) is 11.8 Å². The number of hydrogen-bond donors (Lipinski definition) is 1. The summed E-state index contributed by atoms with van der Waals surface area (Å²) in [6.07, 6.45) is 0. The molecule has 0 bridgehead atoms. The molecule has 0 saturated carbocycles. The molecule has 1 aromatic rings. The van der Waals surface area contributed by atoms with Gasteiger partial charge < -0.3 is 5.32 Å². The van der Waals surface area contributed by atoms with Gasteiger partial charge in [0.25, 0.3) is 0 Å². The fourth-order valence-corrected chi connectivity index (χ4v) is 2.29. The van der Waals surface area contributed by atoms with E-state index in [1.807, 2.05) is 24.9 Å². The standard InChI is InChI=1S/C12H18FNS/c1-9(2)15-8-12(14-3)10-5-4-6-11(13)7-10/h4-7,9,12,14H,8H2,1-3H3. The molecule has 0 fully saturated rings. The van der Waals surface area contributed by atoms with Gasteiger partial charge in [0, 0.05) is 11.8 Å². The molecule has 1 aromatic carbocycles. The molecule has 1 atom stereocenters. The minimum atomic E-state index is -0.165. The second-order valence-electron chi connectivity index (χ2n) is 3.78. The minimum absolute atomic E-state index is 0.165. The highest BCUT2D eigenvalue weighted by atomic mass is 32.2. The van der Waals surface area contributed by atoms with Crippen molar-refractivity contribution < 1.29 is 4.39 Å². The van der Waals surface area contributed by atoms with Crippen LogP contribution in [0.25, 0.3) is 0 Å². The smallest absolute Gasteiger partial charge is 0.123 e. The molecule has 0 amide bonds. The van der Waals surface area contributed by atoms with Crippen LogP contribution < -0.4 is 5.32 Å². The van der Waals surface area contributed by atoms with Crippen molar-refractivity contribution in [1.29, 1.82) is 0 Å². The van der Waals surface area contributed by atoms with Crippen molar-refractivity contribution in [2.45, 2.75) is 25.1 Å². The van der Waals surface area contributed by atoms with Crippen molar-refractivity contribution >= 4 is 11.8 Å². The van der Waals surface area contributed by atoms with E-state index in [2.05, 4.69) is 19.2 Å². The van der Waals surface area contributed by atoms with Gasteiger partial charge in [-0.05, 0) is 30.0 Å². The van der Waals surface area contributed by atoms with Crippen LogP contribution in [0.1, 0.15) is 25.5 Å². The average molecular weight is 227 g/mol. The van der Waals surface area contributed by atoms with Crippen LogP contribution in [0.5, 0.6) is 0 Å². The summed E-state index contributed by atoms with van der Waals surface area (Å²) in [6.45, 7) is 4.34. The first-order valence-electron chi connectivity index (χ1n) is 5.18. The first kappa shape index (κ1) is 12.5. The molecule has 1 N–H and O–H groups in total. The predicted octanol–water partition coefficient (Wildman–Crippen LogP) is 3.23. The summed E-state index contributed by atoms with van der Waals surface area (Å²) in [7, 11) is 1.91. The van der Waals surface area contributed by atoms with Crippen LogP contribution in [0.15, 0.2) is 24.3 Å². The van der Waals surface area contributed by atoms with Crippen molar-refractivity contribution in [2.24, 2.45) is 0 Å². The lowest BCUT2D eigenvalue weighted by molar-refractivity contribution is 0.611. The Bertz CT molecular complexity index is 301. The van der Waals surface area contributed by atoms with Gasteiger partial charge in [0.2, 0.25) is 0 Å². The molecule has 1 nitrogen and oxygen atoms in total. The molecule has 1 unspecified atom stereocenters. The average Bonchev–Trinajstić information content (AvgIpc) is 2.18. The normalized spacial score (nSPS) is 13.1. The Balaban J connectivity index is 2.65. The van der Waals surface area contributed by atoms with Crippen LogP contribution in [-0.2, 0) is 0 Å². The molecule has 0 spiro atoms. The minimum Gasteiger partial charge on any atom is -0.312 e. The number of halogens is 1. The van der Waals surface area contributed by atoms with Crippen LogP contribution in [0.2, 0.25) is 0 Å². The number of benzene rings is 1.